The first kappa shape index (κ1) is 34.9. The Balaban J connectivity index is 0. The molecule has 0 nitrogen and oxygen atoms in total. The SMILES string of the molecule is [Se-2].[Se-2].[Se-2].[Sm+3].[Sm+3]. The molecule has 0 fully saturated rings. The predicted octanol–water partition coefficient (Wildman–Crippen LogP) is -1.14. The van der Waals surface area contributed by atoms with E-state index in [-0.39, 0.29) is 132 Å². The molecule has 0 bridgehead atoms. The third-order valence-corrected chi connectivity index (χ3v) is 0. The summed E-state index contributed by atoms with van der Waals surface area (Å²) in [5.41, 5.74) is 0. The number of rotatable bonds is 0. The molecule has 0 heterocycles. The molecule has 0 N–H and O–H groups in total. The van der Waals surface area contributed by atoms with Gasteiger partial charge in [-0.25, -0.2) is 0 Å². The molecule has 5 heteroatoms. The minimum absolute atomic E-state index is 0. The van der Waals surface area contributed by atoms with Crippen molar-refractivity contribution in [2.75, 3.05) is 0 Å². The summed E-state index contributed by atoms with van der Waals surface area (Å²) in [6, 6.07) is 0. The van der Waals surface area contributed by atoms with Gasteiger partial charge in [-0.05, 0) is 0 Å². The van der Waals surface area contributed by atoms with E-state index in [0.29, 0.717) is 0 Å². The number of hydrogen-bond donors (Lipinski definition) is 0. The summed E-state index contributed by atoms with van der Waals surface area (Å²) in [6.45, 7) is 0. The summed E-state index contributed by atoms with van der Waals surface area (Å²) < 4.78 is 0. The van der Waals surface area contributed by atoms with Crippen LogP contribution >= 0.6 is 0 Å². The van der Waals surface area contributed by atoms with E-state index in [1.165, 1.54) is 0 Å². The van der Waals surface area contributed by atoms with Gasteiger partial charge in [0.2, 0.25) is 0 Å². The van der Waals surface area contributed by atoms with Crippen molar-refractivity contribution in [1.82, 2.24) is 0 Å². The van der Waals surface area contributed by atoms with Gasteiger partial charge in [0.15, 0.2) is 0 Å². The third-order valence-electron chi connectivity index (χ3n) is 0. The second kappa shape index (κ2) is 24.0. The van der Waals surface area contributed by atoms with Gasteiger partial charge in [-0.15, -0.1) is 0 Å². The van der Waals surface area contributed by atoms with Crippen LogP contribution in [0.4, 0.5) is 0 Å². The molecule has 5 heavy (non-hydrogen) atoms. The van der Waals surface area contributed by atoms with Crippen molar-refractivity contribution >= 4 is 51.2 Å². The monoisotopic (exact) mass is 544 g/mol. The predicted molar refractivity (Wildman–Crippen MR) is 17.3 cm³/mol. The summed E-state index contributed by atoms with van der Waals surface area (Å²) >= 11 is 0. The largest absolute Gasteiger partial charge is 3.00 e. The van der Waals surface area contributed by atoms with Gasteiger partial charge in [0.1, 0.15) is 0 Å². The Morgan fingerprint density at radius 2 is 0.400 bits per heavy atom. The van der Waals surface area contributed by atoms with Gasteiger partial charge in [-0.2, -0.15) is 0 Å². The fourth-order valence-electron chi connectivity index (χ4n) is 0. The molecule has 30 valence electrons. The van der Waals surface area contributed by atoms with Crippen LogP contribution in [0, 0.1) is 80.8 Å². The van der Waals surface area contributed by atoms with Crippen LogP contribution in [0.5, 0.6) is 0 Å². The van der Waals surface area contributed by atoms with Crippen molar-refractivity contribution in [3.8, 4) is 0 Å². The topological polar surface area (TPSA) is 0 Å². The maximum Gasteiger partial charge on any atom is 3.00 e. The van der Waals surface area contributed by atoms with E-state index in [4.69, 9.17) is 0 Å². The minimum Gasteiger partial charge on any atom is -2.00 e. The van der Waals surface area contributed by atoms with Gasteiger partial charge >= 0.3 is 80.8 Å². The van der Waals surface area contributed by atoms with Crippen molar-refractivity contribution in [3.05, 3.63) is 0 Å². The van der Waals surface area contributed by atoms with Gasteiger partial charge in [0.05, 0.1) is 0 Å². The van der Waals surface area contributed by atoms with Crippen LogP contribution in [0.3, 0.4) is 0 Å². The Kier molecular flexibility index (Phi) is 168. The van der Waals surface area contributed by atoms with E-state index in [0.717, 1.165) is 0 Å². The smallest absolute Gasteiger partial charge is 2.00 e. The average Bonchev–Trinajstić information content (AvgIpc) is 0. The van der Waals surface area contributed by atoms with Crippen molar-refractivity contribution < 1.29 is 80.8 Å². The van der Waals surface area contributed by atoms with Crippen molar-refractivity contribution in [3.63, 3.8) is 0 Å². The first-order valence-electron chi connectivity index (χ1n) is 0. The van der Waals surface area contributed by atoms with Gasteiger partial charge in [0, 0.05) is 0 Å². The van der Waals surface area contributed by atoms with E-state index < -0.39 is 0 Å². The molecule has 2 radical (unpaired) electrons. The molecule has 0 unspecified atom stereocenters. The van der Waals surface area contributed by atoms with E-state index in [9.17, 15) is 0 Å². The zero-order valence-corrected chi connectivity index (χ0v) is 12.4. The fourth-order valence-corrected chi connectivity index (χ4v) is 0. The van der Waals surface area contributed by atoms with Crippen molar-refractivity contribution in [2.24, 2.45) is 0 Å². The fraction of sp³-hybridized carbons (Fsp3) is 0. The van der Waals surface area contributed by atoms with Crippen molar-refractivity contribution in [1.29, 1.82) is 0 Å². The molecule has 0 atom stereocenters. The number of hydrogen-bond acceptors (Lipinski definition) is 0. The summed E-state index contributed by atoms with van der Waals surface area (Å²) in [7, 11) is 0. The molecule has 0 aromatic rings. The van der Waals surface area contributed by atoms with Crippen LogP contribution in [0.25, 0.3) is 0 Å². The van der Waals surface area contributed by atoms with Crippen LogP contribution in [0.15, 0.2) is 0 Å². The zero-order valence-electron chi connectivity index (χ0n) is 2.04. The Hall–Kier alpha value is 4.23. The summed E-state index contributed by atoms with van der Waals surface area (Å²) in [6.07, 6.45) is 0. The molecule has 0 aliphatic heterocycles. The minimum atomic E-state index is 0. The molecular formula is Se3Sm2. The quantitative estimate of drug-likeness (QED) is 0.343. The average molecular weight is 538 g/mol. The van der Waals surface area contributed by atoms with Crippen LogP contribution in [0.1, 0.15) is 0 Å². The molecule has 0 saturated carbocycles. The second-order valence-electron chi connectivity index (χ2n) is 0. The van der Waals surface area contributed by atoms with Gasteiger partial charge in [-0.3, -0.25) is 0 Å². The van der Waals surface area contributed by atoms with Crippen molar-refractivity contribution in [2.45, 2.75) is 0 Å². The van der Waals surface area contributed by atoms with Crippen LogP contribution in [0.2, 0.25) is 0 Å². The van der Waals surface area contributed by atoms with E-state index in [1.807, 2.05) is 0 Å². The molecule has 0 aromatic heterocycles. The van der Waals surface area contributed by atoms with E-state index in [1.54, 1.807) is 0 Å². The summed E-state index contributed by atoms with van der Waals surface area (Å²) in [5, 5.41) is 0. The molecule has 0 aromatic carbocycles. The molecular weight excluding hydrogens is 538 g/mol. The maximum atomic E-state index is 0. The van der Waals surface area contributed by atoms with E-state index >= 15 is 0 Å². The zero-order chi connectivity index (χ0) is 0. The Bertz CT molecular complexity index is 4.85. The Morgan fingerprint density at radius 1 is 0.400 bits per heavy atom. The Morgan fingerprint density at radius 3 is 0.400 bits per heavy atom. The third kappa shape index (κ3) is 17.9. The van der Waals surface area contributed by atoms with Gasteiger partial charge < -0.3 is 51.2 Å². The molecule has 0 aliphatic rings. The Labute approximate surface area is 128 Å². The van der Waals surface area contributed by atoms with Crippen LogP contribution < -0.4 is 0 Å². The second-order valence-corrected chi connectivity index (χ2v) is 0. The van der Waals surface area contributed by atoms with Crippen LogP contribution in [-0.4, -0.2) is 51.2 Å². The molecule has 0 rings (SSSR count). The molecule has 0 spiro atoms. The summed E-state index contributed by atoms with van der Waals surface area (Å²) in [5.74, 6) is 0. The maximum absolute atomic E-state index is 0. The first-order chi connectivity index (χ1) is 0. The molecule has 0 aliphatic carbocycles. The molecule has 0 amide bonds. The van der Waals surface area contributed by atoms with Crippen LogP contribution in [-0.2, 0) is 0 Å². The van der Waals surface area contributed by atoms with E-state index in [2.05, 4.69) is 0 Å². The van der Waals surface area contributed by atoms with Gasteiger partial charge in [-0.1, -0.05) is 0 Å². The standard InChI is InChI=1S/3Se.2Sm/q3*-2;2*+3. The van der Waals surface area contributed by atoms with Gasteiger partial charge in [0.25, 0.3) is 0 Å². The normalized spacial score (nSPS) is 0. The molecule has 0 saturated heterocycles. The first-order valence-corrected chi connectivity index (χ1v) is 0. The summed E-state index contributed by atoms with van der Waals surface area (Å²) in [4.78, 5) is 0.